The number of carbonyl (C=O) groups excluding carboxylic acids is 1. The number of aromatic nitrogens is 1. The van der Waals surface area contributed by atoms with Gasteiger partial charge in [0.1, 0.15) is 24.0 Å². The fourth-order valence-corrected chi connectivity index (χ4v) is 3.76. The summed E-state index contributed by atoms with van der Waals surface area (Å²) < 4.78 is 5.58. The molecule has 1 amide bonds. The Morgan fingerprint density at radius 3 is 2.81 bits per heavy atom. The predicted octanol–water partition coefficient (Wildman–Crippen LogP) is 5.81. The van der Waals surface area contributed by atoms with Gasteiger partial charge in [-0.1, -0.05) is 54.1 Å². The highest BCUT2D eigenvalue weighted by Crippen LogP contribution is 2.26. The van der Waals surface area contributed by atoms with E-state index in [0.29, 0.717) is 28.1 Å². The highest BCUT2D eigenvalue weighted by atomic mass is 35.5. The minimum Gasteiger partial charge on any atom is -0.489 e. The summed E-state index contributed by atoms with van der Waals surface area (Å²) in [5, 5.41) is 13.1. The van der Waals surface area contributed by atoms with Crippen LogP contribution >= 0.6 is 22.9 Å². The number of carbonyl (C=O) groups is 1. The van der Waals surface area contributed by atoms with Crippen molar-refractivity contribution in [3.05, 3.63) is 93.5 Å². The first-order valence-corrected chi connectivity index (χ1v) is 10.6. The Morgan fingerprint density at radius 2 is 2.10 bits per heavy atom. The van der Waals surface area contributed by atoms with Crippen molar-refractivity contribution in [3.63, 3.8) is 0 Å². The Labute approximate surface area is 190 Å². The largest absolute Gasteiger partial charge is 0.489 e. The van der Waals surface area contributed by atoms with E-state index in [1.165, 1.54) is 23.0 Å². The molecular formula is C24H20ClN3O2S. The van der Waals surface area contributed by atoms with Crippen molar-refractivity contribution >= 4 is 40.1 Å². The number of nitrogens with zero attached hydrogens (tertiary/aromatic N) is 2. The molecule has 0 aliphatic rings. The van der Waals surface area contributed by atoms with Crippen LogP contribution in [0.5, 0.6) is 5.75 Å². The first-order chi connectivity index (χ1) is 15.0. The molecule has 0 atom stereocenters. The van der Waals surface area contributed by atoms with E-state index in [1.54, 1.807) is 30.5 Å². The number of thiazole rings is 1. The topological polar surface area (TPSA) is 75.0 Å². The zero-order valence-electron chi connectivity index (χ0n) is 16.9. The van der Waals surface area contributed by atoms with Crippen LogP contribution in [0, 0.1) is 18.3 Å². The lowest BCUT2D eigenvalue weighted by molar-refractivity contribution is -0.112. The van der Waals surface area contributed by atoms with Gasteiger partial charge in [0, 0.05) is 28.1 Å². The molecule has 0 unspecified atom stereocenters. The molecule has 1 heterocycles. The van der Waals surface area contributed by atoms with Crippen LogP contribution in [-0.4, -0.2) is 17.5 Å². The molecule has 2 aromatic carbocycles. The first-order valence-electron chi connectivity index (χ1n) is 9.45. The van der Waals surface area contributed by atoms with E-state index < -0.39 is 5.91 Å². The number of ether oxygens (including phenoxy) is 1. The summed E-state index contributed by atoms with van der Waals surface area (Å²) in [6, 6.07) is 15.2. The van der Waals surface area contributed by atoms with Crippen molar-refractivity contribution < 1.29 is 9.53 Å². The maximum absolute atomic E-state index is 12.6. The number of halogens is 1. The molecule has 31 heavy (non-hydrogen) atoms. The molecule has 3 aromatic rings. The highest BCUT2D eigenvalue weighted by molar-refractivity contribution is 7.15. The molecule has 5 nitrogen and oxygen atoms in total. The average molecular weight is 450 g/mol. The molecule has 7 heteroatoms. The van der Waals surface area contributed by atoms with Gasteiger partial charge >= 0.3 is 0 Å². The highest BCUT2D eigenvalue weighted by Gasteiger charge is 2.14. The molecule has 0 bridgehead atoms. The van der Waals surface area contributed by atoms with Crippen LogP contribution < -0.4 is 10.1 Å². The average Bonchev–Trinajstić information content (AvgIpc) is 3.19. The standard InChI is InChI=1S/C24H20ClN3O2S/c1-3-10-30-22-9-8-20(25)13-18(22)12-19(14-26)23(29)28-24-27-15-21(31-24)11-17-6-4-16(2)5-7-17/h3-9,12-13,15H,1,10-11H2,2H3,(H,27,28,29). The summed E-state index contributed by atoms with van der Waals surface area (Å²) in [7, 11) is 0. The first kappa shape index (κ1) is 22.3. The van der Waals surface area contributed by atoms with Crippen molar-refractivity contribution in [2.75, 3.05) is 11.9 Å². The lowest BCUT2D eigenvalue weighted by Crippen LogP contribution is -2.13. The molecule has 1 N–H and O–H groups in total. The molecule has 0 spiro atoms. The molecular weight excluding hydrogens is 430 g/mol. The Bertz CT molecular complexity index is 1160. The van der Waals surface area contributed by atoms with E-state index in [4.69, 9.17) is 16.3 Å². The lowest BCUT2D eigenvalue weighted by atomic mass is 10.1. The summed E-state index contributed by atoms with van der Waals surface area (Å²) in [6.45, 7) is 5.95. The maximum atomic E-state index is 12.6. The Kier molecular flexibility index (Phi) is 7.60. The smallest absolute Gasteiger partial charge is 0.268 e. The number of hydrogen-bond donors (Lipinski definition) is 1. The second kappa shape index (κ2) is 10.6. The van der Waals surface area contributed by atoms with Gasteiger partial charge in [0.15, 0.2) is 5.13 Å². The minimum absolute atomic E-state index is 0.0824. The van der Waals surface area contributed by atoms with Crippen LogP contribution in [0.2, 0.25) is 5.02 Å². The van der Waals surface area contributed by atoms with Gasteiger partial charge in [-0.2, -0.15) is 5.26 Å². The van der Waals surface area contributed by atoms with Crippen LogP contribution in [0.25, 0.3) is 6.08 Å². The van der Waals surface area contributed by atoms with Gasteiger partial charge in [0.2, 0.25) is 0 Å². The molecule has 0 aliphatic heterocycles. The van der Waals surface area contributed by atoms with Gasteiger partial charge in [0.25, 0.3) is 5.91 Å². The van der Waals surface area contributed by atoms with Crippen molar-refractivity contribution in [1.82, 2.24) is 4.98 Å². The zero-order chi connectivity index (χ0) is 22.2. The van der Waals surface area contributed by atoms with E-state index >= 15 is 0 Å². The van der Waals surface area contributed by atoms with Crippen LogP contribution in [0.1, 0.15) is 21.6 Å². The summed E-state index contributed by atoms with van der Waals surface area (Å²) in [4.78, 5) is 17.9. The minimum atomic E-state index is -0.548. The number of nitriles is 1. The fraction of sp³-hybridized carbons (Fsp3) is 0.125. The van der Waals surface area contributed by atoms with E-state index in [2.05, 4.69) is 41.1 Å². The summed E-state index contributed by atoms with van der Waals surface area (Å²) in [6.07, 6.45) is 5.51. The summed E-state index contributed by atoms with van der Waals surface area (Å²) >= 11 is 7.44. The van der Waals surface area contributed by atoms with E-state index in [9.17, 15) is 10.1 Å². The van der Waals surface area contributed by atoms with Crippen LogP contribution in [0.3, 0.4) is 0 Å². The maximum Gasteiger partial charge on any atom is 0.268 e. The fourth-order valence-electron chi connectivity index (χ4n) is 2.73. The van der Waals surface area contributed by atoms with E-state index in [1.807, 2.05) is 13.0 Å². The van der Waals surface area contributed by atoms with Crippen molar-refractivity contribution in [1.29, 1.82) is 5.26 Å². The van der Waals surface area contributed by atoms with Gasteiger partial charge in [-0.05, 0) is 36.8 Å². The number of benzene rings is 2. The normalized spacial score (nSPS) is 10.9. The van der Waals surface area contributed by atoms with E-state index in [-0.39, 0.29) is 5.57 Å². The molecule has 0 saturated heterocycles. The van der Waals surface area contributed by atoms with Crippen molar-refractivity contribution in [3.8, 4) is 11.8 Å². The van der Waals surface area contributed by atoms with Crippen molar-refractivity contribution in [2.24, 2.45) is 0 Å². The number of amides is 1. The molecule has 0 radical (unpaired) electrons. The molecule has 1 aromatic heterocycles. The van der Waals surface area contributed by atoms with Gasteiger partial charge < -0.3 is 4.74 Å². The summed E-state index contributed by atoms with van der Waals surface area (Å²) in [5.74, 6) is -0.0483. The molecule has 0 fully saturated rings. The monoisotopic (exact) mass is 449 g/mol. The van der Waals surface area contributed by atoms with Gasteiger partial charge in [0.05, 0.1) is 0 Å². The third-order valence-electron chi connectivity index (χ3n) is 4.27. The molecule has 3 rings (SSSR count). The molecule has 156 valence electrons. The number of nitrogens with one attached hydrogen (secondary N) is 1. The quantitative estimate of drug-likeness (QED) is 0.267. The van der Waals surface area contributed by atoms with E-state index in [0.717, 1.165) is 16.9 Å². The van der Waals surface area contributed by atoms with Crippen LogP contribution in [-0.2, 0) is 11.2 Å². The second-order valence-electron chi connectivity index (χ2n) is 6.70. The predicted molar refractivity (Wildman–Crippen MR) is 125 cm³/mol. The lowest BCUT2D eigenvalue weighted by Gasteiger charge is -2.08. The van der Waals surface area contributed by atoms with Gasteiger partial charge in [-0.3, -0.25) is 10.1 Å². The Balaban J connectivity index is 1.74. The van der Waals surface area contributed by atoms with Crippen molar-refractivity contribution in [2.45, 2.75) is 13.3 Å². The number of aryl methyl sites for hydroxylation is 1. The summed E-state index contributed by atoms with van der Waals surface area (Å²) in [5.41, 5.74) is 2.81. The Hall–Kier alpha value is -3.40. The number of rotatable bonds is 8. The van der Waals surface area contributed by atoms with Gasteiger partial charge in [-0.15, -0.1) is 11.3 Å². The van der Waals surface area contributed by atoms with Crippen LogP contribution in [0.15, 0.2) is 66.9 Å². The second-order valence-corrected chi connectivity index (χ2v) is 8.25. The third-order valence-corrected chi connectivity index (χ3v) is 5.41. The molecule has 0 aliphatic carbocycles. The Morgan fingerprint density at radius 1 is 1.32 bits per heavy atom. The number of hydrogen-bond acceptors (Lipinski definition) is 5. The van der Waals surface area contributed by atoms with Gasteiger partial charge in [-0.25, -0.2) is 4.98 Å². The molecule has 0 saturated carbocycles. The third kappa shape index (κ3) is 6.29. The SMILES string of the molecule is C=CCOc1ccc(Cl)cc1C=C(C#N)C(=O)Nc1ncc(Cc2ccc(C)cc2)s1. The number of anilines is 1. The van der Waals surface area contributed by atoms with Crippen LogP contribution in [0.4, 0.5) is 5.13 Å². The zero-order valence-corrected chi connectivity index (χ0v) is 18.5.